The first-order chi connectivity index (χ1) is 16.5. The van der Waals surface area contributed by atoms with Gasteiger partial charge in [-0.15, -0.1) is 0 Å². The second-order valence-electron chi connectivity index (χ2n) is 8.45. The van der Waals surface area contributed by atoms with Gasteiger partial charge in [0, 0.05) is 49.2 Å². The van der Waals surface area contributed by atoms with Gasteiger partial charge < -0.3 is 24.6 Å². The van der Waals surface area contributed by atoms with Crippen LogP contribution in [0.4, 0.5) is 21.8 Å². The summed E-state index contributed by atoms with van der Waals surface area (Å²) < 4.78 is 24.7. The van der Waals surface area contributed by atoms with E-state index in [1.807, 2.05) is 24.1 Å². The number of pyridine rings is 1. The van der Waals surface area contributed by atoms with E-state index in [0.717, 1.165) is 37.2 Å². The molecular formula is C24H26ClFN6O2. The number of rotatable bonds is 5. The Morgan fingerprint density at radius 1 is 1.18 bits per heavy atom. The highest BCUT2D eigenvalue weighted by atomic mass is 35.5. The molecule has 0 bridgehead atoms. The molecule has 5 rings (SSSR count). The van der Waals surface area contributed by atoms with Gasteiger partial charge in [0.15, 0.2) is 11.6 Å². The Kier molecular flexibility index (Phi) is 6.28. The van der Waals surface area contributed by atoms with Gasteiger partial charge in [0.1, 0.15) is 12.4 Å². The summed E-state index contributed by atoms with van der Waals surface area (Å²) in [5.74, 6) is 2.10. The number of hydrogen-bond donors (Lipinski definition) is 1. The molecule has 34 heavy (non-hydrogen) atoms. The van der Waals surface area contributed by atoms with Gasteiger partial charge in [-0.1, -0.05) is 17.7 Å². The Labute approximate surface area is 202 Å². The fraction of sp³-hybridized carbons (Fsp3) is 0.375. The lowest BCUT2D eigenvalue weighted by molar-refractivity contribution is 0.265. The first-order valence-electron chi connectivity index (χ1n) is 11.2. The van der Waals surface area contributed by atoms with E-state index in [0.29, 0.717) is 35.0 Å². The maximum Gasteiger partial charge on any atom is 0.225 e. The fourth-order valence-corrected chi connectivity index (χ4v) is 4.75. The van der Waals surface area contributed by atoms with Gasteiger partial charge in [0.25, 0.3) is 0 Å². The number of hydrogen-bond acceptors (Lipinski definition) is 8. The summed E-state index contributed by atoms with van der Waals surface area (Å²) in [6.45, 7) is 2.19. The molecule has 1 atom stereocenters. The van der Waals surface area contributed by atoms with Crippen LogP contribution in [0.3, 0.4) is 0 Å². The monoisotopic (exact) mass is 484 g/mol. The van der Waals surface area contributed by atoms with Gasteiger partial charge in [-0.2, -0.15) is 4.98 Å². The molecule has 8 nitrogen and oxygen atoms in total. The van der Waals surface area contributed by atoms with Crippen LogP contribution in [-0.2, 0) is 0 Å². The highest BCUT2D eigenvalue weighted by Gasteiger charge is 2.30. The summed E-state index contributed by atoms with van der Waals surface area (Å²) in [5, 5.41) is 3.85. The third-order valence-electron chi connectivity index (χ3n) is 6.38. The molecule has 1 fully saturated rings. The quantitative estimate of drug-likeness (QED) is 0.573. The van der Waals surface area contributed by atoms with Crippen molar-refractivity contribution in [3.63, 3.8) is 0 Å². The zero-order valence-electron chi connectivity index (χ0n) is 19.0. The Balaban J connectivity index is 1.26. The Morgan fingerprint density at radius 3 is 2.76 bits per heavy atom. The zero-order chi connectivity index (χ0) is 23.7. The van der Waals surface area contributed by atoms with Crippen molar-refractivity contribution in [2.45, 2.75) is 24.9 Å². The van der Waals surface area contributed by atoms with Crippen molar-refractivity contribution in [3.05, 3.63) is 59.1 Å². The summed E-state index contributed by atoms with van der Waals surface area (Å²) in [6, 6.07) is 8.47. The molecule has 0 radical (unpaired) electrons. The van der Waals surface area contributed by atoms with Crippen LogP contribution >= 0.6 is 11.6 Å². The second-order valence-corrected chi connectivity index (χ2v) is 8.85. The Hall–Kier alpha value is -3.33. The topological polar surface area (TPSA) is 75.6 Å². The molecule has 0 spiro atoms. The van der Waals surface area contributed by atoms with Crippen molar-refractivity contribution in [1.82, 2.24) is 15.0 Å². The average Bonchev–Trinajstić information content (AvgIpc) is 2.86. The molecule has 10 heteroatoms. The van der Waals surface area contributed by atoms with E-state index < -0.39 is 0 Å². The number of methoxy groups -OCH3 is 1. The van der Waals surface area contributed by atoms with Crippen LogP contribution in [0.25, 0.3) is 0 Å². The number of benzene rings is 1. The summed E-state index contributed by atoms with van der Waals surface area (Å²) in [7, 11) is 3.56. The van der Waals surface area contributed by atoms with Gasteiger partial charge in [0.05, 0.1) is 19.3 Å². The third-order valence-corrected chi connectivity index (χ3v) is 6.70. The minimum atomic E-state index is -0.364. The van der Waals surface area contributed by atoms with E-state index in [1.54, 1.807) is 25.6 Å². The Bertz CT molecular complexity index is 1170. The minimum absolute atomic E-state index is 0.177. The van der Waals surface area contributed by atoms with E-state index in [-0.39, 0.29) is 17.9 Å². The standard InChI is InChI=1S/C24H26ClFN6O2/c1-31-20(18-4-3-15(26)11-19(18)25)14-34-21-13-28-24(30-23(21)31)29-16-6-9-32(10-7-16)17-5-8-27-22(12-17)33-2/h3-5,8,11-13,16,20H,6-7,9-10,14H2,1-2H3,(H,28,29,30). The number of likely N-dealkylation sites (N-methyl/N-ethyl adjacent to an activating group) is 1. The number of halogens is 2. The predicted molar refractivity (Wildman–Crippen MR) is 130 cm³/mol. The van der Waals surface area contributed by atoms with Crippen LogP contribution in [0.15, 0.2) is 42.7 Å². The largest absolute Gasteiger partial charge is 0.486 e. The molecule has 0 amide bonds. The lowest BCUT2D eigenvalue weighted by Crippen LogP contribution is -2.39. The minimum Gasteiger partial charge on any atom is -0.486 e. The molecule has 4 heterocycles. The summed E-state index contributed by atoms with van der Waals surface area (Å²) in [6.07, 6.45) is 5.36. The SMILES string of the molecule is COc1cc(N2CCC(Nc3ncc4c(n3)N(C)C(c3ccc(F)cc3Cl)CO4)CC2)ccn1. The molecular weight excluding hydrogens is 459 g/mol. The summed E-state index contributed by atoms with van der Waals surface area (Å²) in [4.78, 5) is 17.7. The fourth-order valence-electron chi connectivity index (χ4n) is 4.46. The van der Waals surface area contributed by atoms with Crippen molar-refractivity contribution in [2.24, 2.45) is 0 Å². The van der Waals surface area contributed by atoms with E-state index in [4.69, 9.17) is 26.1 Å². The van der Waals surface area contributed by atoms with Gasteiger partial charge in [-0.05, 0) is 36.6 Å². The molecule has 1 aromatic carbocycles. The highest BCUT2D eigenvalue weighted by molar-refractivity contribution is 6.31. The van der Waals surface area contributed by atoms with Gasteiger partial charge in [-0.25, -0.2) is 14.4 Å². The molecule has 2 aromatic heterocycles. The molecule has 0 saturated carbocycles. The molecule has 178 valence electrons. The van der Waals surface area contributed by atoms with Crippen LogP contribution in [0.5, 0.6) is 11.6 Å². The molecule has 3 aromatic rings. The van der Waals surface area contributed by atoms with Crippen LogP contribution < -0.4 is 24.6 Å². The predicted octanol–water partition coefficient (Wildman–Crippen LogP) is 4.32. The molecule has 0 aliphatic carbocycles. The van der Waals surface area contributed by atoms with E-state index in [1.165, 1.54) is 12.1 Å². The van der Waals surface area contributed by atoms with Crippen molar-refractivity contribution < 1.29 is 13.9 Å². The van der Waals surface area contributed by atoms with Gasteiger partial charge in [0.2, 0.25) is 11.8 Å². The van der Waals surface area contributed by atoms with E-state index in [2.05, 4.69) is 20.2 Å². The molecule has 1 unspecified atom stereocenters. The second kappa shape index (κ2) is 9.50. The van der Waals surface area contributed by atoms with Gasteiger partial charge in [-0.3, -0.25) is 0 Å². The maximum atomic E-state index is 13.5. The number of fused-ring (bicyclic) bond motifs is 1. The van der Waals surface area contributed by atoms with Crippen molar-refractivity contribution in [2.75, 3.05) is 49.0 Å². The van der Waals surface area contributed by atoms with Crippen LogP contribution in [0.2, 0.25) is 5.02 Å². The number of nitrogens with zero attached hydrogens (tertiary/aromatic N) is 5. The van der Waals surface area contributed by atoms with E-state index >= 15 is 0 Å². The smallest absolute Gasteiger partial charge is 0.225 e. The summed E-state index contributed by atoms with van der Waals surface area (Å²) >= 11 is 6.31. The first kappa shape index (κ1) is 22.5. The number of piperidine rings is 1. The third kappa shape index (κ3) is 4.52. The van der Waals surface area contributed by atoms with Crippen molar-refractivity contribution in [1.29, 1.82) is 0 Å². The zero-order valence-corrected chi connectivity index (χ0v) is 19.8. The molecule has 1 N–H and O–H groups in total. The van der Waals surface area contributed by atoms with Crippen molar-refractivity contribution >= 4 is 29.1 Å². The van der Waals surface area contributed by atoms with Gasteiger partial charge >= 0.3 is 0 Å². The molecule has 2 aliphatic rings. The Morgan fingerprint density at radius 2 is 2.00 bits per heavy atom. The summed E-state index contributed by atoms with van der Waals surface area (Å²) in [5.41, 5.74) is 1.91. The molecule has 2 aliphatic heterocycles. The van der Waals surface area contributed by atoms with Crippen LogP contribution in [-0.4, -0.2) is 54.8 Å². The van der Waals surface area contributed by atoms with E-state index in [9.17, 15) is 4.39 Å². The number of ether oxygens (including phenoxy) is 2. The normalized spacial score (nSPS) is 18.3. The maximum absolute atomic E-state index is 13.5. The lowest BCUT2D eigenvalue weighted by atomic mass is 10.0. The number of anilines is 3. The van der Waals surface area contributed by atoms with Crippen LogP contribution in [0.1, 0.15) is 24.4 Å². The first-order valence-corrected chi connectivity index (χ1v) is 11.6. The molecule has 1 saturated heterocycles. The van der Waals surface area contributed by atoms with Crippen LogP contribution in [0, 0.1) is 5.82 Å². The highest BCUT2D eigenvalue weighted by Crippen LogP contribution is 2.39. The average molecular weight is 485 g/mol. The number of aromatic nitrogens is 3. The lowest BCUT2D eigenvalue weighted by Gasteiger charge is -2.36. The number of nitrogens with one attached hydrogen (secondary N) is 1. The van der Waals surface area contributed by atoms with Crippen molar-refractivity contribution in [3.8, 4) is 11.6 Å².